The molecule has 1 unspecified atom stereocenters. The van der Waals surface area contributed by atoms with Crippen molar-refractivity contribution in [1.82, 2.24) is 10.3 Å². The SMILES string of the molecule is CCNC(Cc1cc(F)ccc1F)c1ccncc1. The number of hydrogen-bond donors (Lipinski definition) is 1. The van der Waals surface area contributed by atoms with Crippen LogP contribution in [0.3, 0.4) is 0 Å². The molecule has 1 aromatic heterocycles. The Morgan fingerprint density at radius 3 is 2.58 bits per heavy atom. The molecule has 4 heteroatoms. The molecule has 0 amide bonds. The van der Waals surface area contributed by atoms with E-state index < -0.39 is 5.82 Å². The summed E-state index contributed by atoms with van der Waals surface area (Å²) in [6.45, 7) is 2.74. The number of aromatic nitrogens is 1. The van der Waals surface area contributed by atoms with E-state index in [0.29, 0.717) is 12.0 Å². The molecule has 2 rings (SSSR count). The standard InChI is InChI=1S/C15H16F2N2/c1-2-19-15(11-5-7-18-8-6-11)10-12-9-13(16)3-4-14(12)17/h3-9,15,19H,2,10H2,1H3. The Labute approximate surface area is 111 Å². The summed E-state index contributed by atoms with van der Waals surface area (Å²) in [5.74, 6) is -0.792. The quantitative estimate of drug-likeness (QED) is 0.894. The van der Waals surface area contributed by atoms with Crippen molar-refractivity contribution in [3.8, 4) is 0 Å². The van der Waals surface area contributed by atoms with Gasteiger partial charge in [0.15, 0.2) is 0 Å². The van der Waals surface area contributed by atoms with E-state index in [9.17, 15) is 8.78 Å². The number of nitrogens with one attached hydrogen (secondary N) is 1. The van der Waals surface area contributed by atoms with Crippen molar-refractivity contribution >= 4 is 0 Å². The molecule has 0 aliphatic rings. The molecule has 0 aliphatic heterocycles. The molecule has 1 aromatic carbocycles. The summed E-state index contributed by atoms with van der Waals surface area (Å²) in [5, 5.41) is 3.28. The van der Waals surface area contributed by atoms with Crippen LogP contribution in [0.5, 0.6) is 0 Å². The van der Waals surface area contributed by atoms with Crippen molar-refractivity contribution in [2.24, 2.45) is 0 Å². The molecule has 19 heavy (non-hydrogen) atoms. The minimum Gasteiger partial charge on any atom is -0.310 e. The van der Waals surface area contributed by atoms with Gasteiger partial charge in [-0.25, -0.2) is 8.78 Å². The van der Waals surface area contributed by atoms with Gasteiger partial charge in [0, 0.05) is 18.4 Å². The van der Waals surface area contributed by atoms with Crippen molar-refractivity contribution in [2.45, 2.75) is 19.4 Å². The van der Waals surface area contributed by atoms with Crippen molar-refractivity contribution in [3.05, 3.63) is 65.5 Å². The molecule has 0 spiro atoms. The van der Waals surface area contributed by atoms with E-state index in [-0.39, 0.29) is 11.9 Å². The third-order valence-corrected chi connectivity index (χ3v) is 2.99. The maximum Gasteiger partial charge on any atom is 0.126 e. The van der Waals surface area contributed by atoms with Crippen LogP contribution >= 0.6 is 0 Å². The predicted octanol–water partition coefficient (Wildman–Crippen LogP) is 3.25. The lowest BCUT2D eigenvalue weighted by molar-refractivity contribution is 0.521. The monoisotopic (exact) mass is 262 g/mol. The Morgan fingerprint density at radius 2 is 1.89 bits per heavy atom. The van der Waals surface area contributed by atoms with Crippen LogP contribution in [-0.2, 0) is 6.42 Å². The molecular formula is C15H16F2N2. The number of benzene rings is 1. The van der Waals surface area contributed by atoms with Crippen molar-refractivity contribution < 1.29 is 8.78 Å². The van der Waals surface area contributed by atoms with Crippen LogP contribution in [0, 0.1) is 11.6 Å². The minimum absolute atomic E-state index is 0.0516. The van der Waals surface area contributed by atoms with E-state index in [0.717, 1.165) is 18.2 Å². The Kier molecular flexibility index (Phi) is 4.58. The van der Waals surface area contributed by atoms with Gasteiger partial charge in [0.05, 0.1) is 0 Å². The van der Waals surface area contributed by atoms with Gasteiger partial charge in [-0.15, -0.1) is 0 Å². The molecule has 2 aromatic rings. The molecule has 100 valence electrons. The molecule has 0 aliphatic carbocycles. The van der Waals surface area contributed by atoms with Gasteiger partial charge in [-0.2, -0.15) is 0 Å². The smallest absolute Gasteiger partial charge is 0.126 e. The van der Waals surface area contributed by atoms with Crippen molar-refractivity contribution in [2.75, 3.05) is 6.54 Å². The van der Waals surface area contributed by atoms with Gasteiger partial charge in [-0.05, 0) is 54.4 Å². The third kappa shape index (κ3) is 3.58. The van der Waals surface area contributed by atoms with E-state index in [4.69, 9.17) is 0 Å². The molecule has 0 saturated heterocycles. The fraction of sp³-hybridized carbons (Fsp3) is 0.267. The van der Waals surface area contributed by atoms with Gasteiger partial charge >= 0.3 is 0 Å². The molecule has 0 bridgehead atoms. The van der Waals surface area contributed by atoms with E-state index in [2.05, 4.69) is 10.3 Å². The summed E-state index contributed by atoms with van der Waals surface area (Å²) < 4.78 is 26.9. The van der Waals surface area contributed by atoms with Crippen LogP contribution in [0.2, 0.25) is 0 Å². The molecule has 0 fully saturated rings. The number of pyridine rings is 1. The average Bonchev–Trinajstić information content (AvgIpc) is 2.43. The molecular weight excluding hydrogens is 246 g/mol. The summed E-state index contributed by atoms with van der Waals surface area (Å²) >= 11 is 0. The molecule has 0 radical (unpaired) electrons. The van der Waals surface area contributed by atoms with Crippen LogP contribution in [0.1, 0.15) is 24.1 Å². The number of halogens is 2. The van der Waals surface area contributed by atoms with Gasteiger partial charge in [0.1, 0.15) is 11.6 Å². The van der Waals surface area contributed by atoms with Gasteiger partial charge in [-0.1, -0.05) is 6.92 Å². The van der Waals surface area contributed by atoms with Crippen LogP contribution in [-0.4, -0.2) is 11.5 Å². The fourth-order valence-electron chi connectivity index (χ4n) is 2.07. The largest absolute Gasteiger partial charge is 0.310 e. The second-order valence-corrected chi connectivity index (χ2v) is 4.33. The highest BCUT2D eigenvalue weighted by molar-refractivity contribution is 5.24. The minimum atomic E-state index is -0.415. The van der Waals surface area contributed by atoms with Crippen LogP contribution < -0.4 is 5.32 Å². The number of hydrogen-bond acceptors (Lipinski definition) is 2. The maximum absolute atomic E-state index is 13.7. The van der Waals surface area contributed by atoms with Crippen molar-refractivity contribution in [1.29, 1.82) is 0 Å². The van der Waals surface area contributed by atoms with E-state index in [1.54, 1.807) is 12.4 Å². The lowest BCUT2D eigenvalue weighted by Crippen LogP contribution is -2.23. The van der Waals surface area contributed by atoms with E-state index in [1.165, 1.54) is 12.1 Å². The first kappa shape index (κ1) is 13.6. The van der Waals surface area contributed by atoms with Gasteiger partial charge < -0.3 is 5.32 Å². The zero-order valence-corrected chi connectivity index (χ0v) is 10.7. The third-order valence-electron chi connectivity index (χ3n) is 2.99. The summed E-state index contributed by atoms with van der Waals surface area (Å²) in [5.41, 5.74) is 1.39. The molecule has 0 saturated carbocycles. The molecule has 1 atom stereocenters. The number of rotatable bonds is 5. The average molecular weight is 262 g/mol. The van der Waals surface area contributed by atoms with Crippen LogP contribution in [0.15, 0.2) is 42.7 Å². The number of likely N-dealkylation sites (N-methyl/N-ethyl adjacent to an activating group) is 1. The van der Waals surface area contributed by atoms with Crippen LogP contribution in [0.25, 0.3) is 0 Å². The molecule has 1 heterocycles. The predicted molar refractivity (Wildman–Crippen MR) is 70.7 cm³/mol. The van der Waals surface area contributed by atoms with Gasteiger partial charge in [0.25, 0.3) is 0 Å². The Hall–Kier alpha value is -1.81. The molecule has 2 nitrogen and oxygen atoms in total. The number of nitrogens with zero attached hydrogens (tertiary/aromatic N) is 1. The topological polar surface area (TPSA) is 24.9 Å². The lowest BCUT2D eigenvalue weighted by atomic mass is 9.99. The first-order valence-electron chi connectivity index (χ1n) is 6.28. The summed E-state index contributed by atoms with van der Waals surface area (Å²) in [6.07, 6.45) is 3.80. The van der Waals surface area contributed by atoms with E-state index in [1.807, 2.05) is 19.1 Å². The first-order chi connectivity index (χ1) is 9.20. The second-order valence-electron chi connectivity index (χ2n) is 4.33. The Morgan fingerprint density at radius 1 is 1.16 bits per heavy atom. The fourth-order valence-corrected chi connectivity index (χ4v) is 2.07. The first-order valence-corrected chi connectivity index (χ1v) is 6.28. The summed E-state index contributed by atoms with van der Waals surface area (Å²) in [7, 11) is 0. The van der Waals surface area contributed by atoms with Gasteiger partial charge in [-0.3, -0.25) is 4.98 Å². The van der Waals surface area contributed by atoms with Crippen LogP contribution in [0.4, 0.5) is 8.78 Å². The van der Waals surface area contributed by atoms with E-state index >= 15 is 0 Å². The highest BCUT2D eigenvalue weighted by Crippen LogP contribution is 2.20. The zero-order valence-electron chi connectivity index (χ0n) is 10.7. The Balaban J connectivity index is 2.24. The highest BCUT2D eigenvalue weighted by Gasteiger charge is 2.14. The summed E-state index contributed by atoms with van der Waals surface area (Å²) in [6, 6.07) is 7.26. The highest BCUT2D eigenvalue weighted by atomic mass is 19.1. The zero-order chi connectivity index (χ0) is 13.7. The van der Waals surface area contributed by atoms with Crippen molar-refractivity contribution in [3.63, 3.8) is 0 Å². The summed E-state index contributed by atoms with van der Waals surface area (Å²) in [4.78, 5) is 3.96. The lowest BCUT2D eigenvalue weighted by Gasteiger charge is -2.18. The normalized spacial score (nSPS) is 12.4. The second kappa shape index (κ2) is 6.38. The Bertz CT molecular complexity index is 529. The maximum atomic E-state index is 13.7. The van der Waals surface area contributed by atoms with Gasteiger partial charge in [0.2, 0.25) is 0 Å². The molecule has 1 N–H and O–H groups in total.